The van der Waals surface area contributed by atoms with E-state index >= 15 is 0 Å². The molecule has 0 aliphatic carbocycles. The van der Waals surface area contributed by atoms with Crippen molar-refractivity contribution in [1.29, 1.82) is 0 Å². The molecule has 4 amide bonds. The van der Waals surface area contributed by atoms with Crippen molar-refractivity contribution in [1.82, 2.24) is 21.3 Å². The molecule has 1 aliphatic heterocycles. The number of carboxylic acids is 1. The van der Waals surface area contributed by atoms with E-state index in [1.165, 1.54) is 12.1 Å². The van der Waals surface area contributed by atoms with Crippen LogP contribution < -0.4 is 30.7 Å². The molecule has 0 saturated heterocycles. The van der Waals surface area contributed by atoms with Gasteiger partial charge in [0.1, 0.15) is 18.1 Å². The molecule has 5 N–H and O–H groups in total. The molecule has 0 saturated carbocycles. The molecule has 3 atom stereocenters. The highest BCUT2D eigenvalue weighted by Gasteiger charge is 2.30. The molecular weight excluding hydrogens is 612 g/mol. The van der Waals surface area contributed by atoms with Crippen molar-refractivity contribution in [3.63, 3.8) is 0 Å². The summed E-state index contributed by atoms with van der Waals surface area (Å²) >= 11 is 10.4. The van der Waals surface area contributed by atoms with E-state index in [0.29, 0.717) is 22.9 Å². The third-order valence-electron chi connectivity index (χ3n) is 6.71. The molecule has 1 aliphatic rings. The van der Waals surface area contributed by atoms with E-state index in [1.807, 2.05) is 32.0 Å². The molecule has 3 rings (SSSR count). The zero-order chi connectivity index (χ0) is 32.2. The fourth-order valence-electron chi connectivity index (χ4n) is 4.40. The van der Waals surface area contributed by atoms with Crippen molar-refractivity contribution in [3.05, 3.63) is 58.6 Å². The molecule has 0 spiro atoms. The molecule has 14 heteroatoms. The average molecular weight is 649 g/mol. The van der Waals surface area contributed by atoms with E-state index in [-0.39, 0.29) is 43.4 Å². The van der Waals surface area contributed by atoms with Gasteiger partial charge in [-0.2, -0.15) is 12.6 Å². The monoisotopic (exact) mass is 648 g/mol. The summed E-state index contributed by atoms with van der Waals surface area (Å²) in [5.41, 5.74) is 1.04. The van der Waals surface area contributed by atoms with Crippen LogP contribution in [-0.2, 0) is 25.6 Å². The topological polar surface area (TPSA) is 172 Å². The van der Waals surface area contributed by atoms with E-state index in [4.69, 9.17) is 21.1 Å². The van der Waals surface area contributed by atoms with Crippen molar-refractivity contribution in [3.8, 4) is 11.5 Å². The molecule has 0 bridgehead atoms. The van der Waals surface area contributed by atoms with Crippen LogP contribution in [0.15, 0.2) is 42.5 Å². The first-order valence-corrected chi connectivity index (χ1v) is 15.1. The third-order valence-corrected chi connectivity index (χ3v) is 7.44. The van der Waals surface area contributed by atoms with Gasteiger partial charge in [-0.1, -0.05) is 43.6 Å². The quantitative estimate of drug-likeness (QED) is 0.151. The van der Waals surface area contributed by atoms with E-state index in [2.05, 4.69) is 33.9 Å². The van der Waals surface area contributed by atoms with Gasteiger partial charge in [0.2, 0.25) is 24.5 Å². The smallest absolute Gasteiger partial charge is 0.303 e. The lowest BCUT2D eigenvalue weighted by atomic mass is 10.0. The average Bonchev–Trinajstić information content (AvgIpc) is 3.46. The Kier molecular flexibility index (Phi) is 13.2. The summed E-state index contributed by atoms with van der Waals surface area (Å²) in [7, 11) is 0. The maximum atomic E-state index is 13.4. The lowest BCUT2D eigenvalue weighted by Gasteiger charge is -2.26. The Morgan fingerprint density at radius 3 is 2.27 bits per heavy atom. The van der Waals surface area contributed by atoms with Crippen LogP contribution in [0.2, 0.25) is 5.02 Å². The van der Waals surface area contributed by atoms with Crippen LogP contribution in [0.1, 0.15) is 49.0 Å². The number of nitrogens with one attached hydrogen (secondary N) is 4. The van der Waals surface area contributed by atoms with Crippen LogP contribution in [-0.4, -0.2) is 71.9 Å². The minimum Gasteiger partial charge on any atom is -0.481 e. The zero-order valence-corrected chi connectivity index (χ0v) is 26.1. The Bertz CT molecular complexity index is 1360. The predicted octanol–water partition coefficient (Wildman–Crippen LogP) is 2.34. The van der Waals surface area contributed by atoms with Gasteiger partial charge in [-0.15, -0.1) is 0 Å². The van der Waals surface area contributed by atoms with Gasteiger partial charge >= 0.3 is 5.97 Å². The summed E-state index contributed by atoms with van der Waals surface area (Å²) in [4.78, 5) is 63.7. The third kappa shape index (κ3) is 10.3. The molecule has 2 aromatic rings. The van der Waals surface area contributed by atoms with Gasteiger partial charge in [-0.25, -0.2) is 0 Å². The Morgan fingerprint density at radius 1 is 0.909 bits per heavy atom. The van der Waals surface area contributed by atoms with Gasteiger partial charge in [0.15, 0.2) is 11.5 Å². The van der Waals surface area contributed by atoms with Gasteiger partial charge in [-0.3, -0.25) is 24.0 Å². The first kappa shape index (κ1) is 34.5. The Hall–Kier alpha value is -3.97. The standard InChI is InChI=1S/C30H37ClN4O8S/c1-17(2)13-22(30(41)35-23(15-44)28(39)32-12-11-18-5-3-4-6-20(18)31)34-29(40)21(8-10-26(36)37)33-27(38)19-7-9-24-25(14-19)43-16-42-24/h3-7,9,14,17,21-23,44H,8,10-13,15-16H2,1-2H3,(H,32,39)(H,33,38)(H,34,40)(H,35,41)(H,36,37)/t21-,22-,23-/m0/s1. The van der Waals surface area contributed by atoms with Crippen LogP contribution in [0.25, 0.3) is 0 Å². The Morgan fingerprint density at radius 2 is 1.59 bits per heavy atom. The predicted molar refractivity (Wildman–Crippen MR) is 166 cm³/mol. The highest BCUT2D eigenvalue weighted by molar-refractivity contribution is 7.80. The van der Waals surface area contributed by atoms with E-state index in [0.717, 1.165) is 5.56 Å². The van der Waals surface area contributed by atoms with Gasteiger partial charge in [0, 0.05) is 29.3 Å². The first-order valence-electron chi connectivity index (χ1n) is 14.1. The normalized spacial score (nSPS) is 13.8. The molecule has 2 aromatic carbocycles. The summed E-state index contributed by atoms with van der Waals surface area (Å²) in [6.45, 7) is 4.01. The number of ether oxygens (including phenoxy) is 2. The van der Waals surface area contributed by atoms with Crippen molar-refractivity contribution in [2.45, 2.75) is 57.7 Å². The number of benzene rings is 2. The Labute approximate surface area is 266 Å². The molecule has 0 radical (unpaired) electrons. The number of amides is 4. The molecule has 0 aromatic heterocycles. The van der Waals surface area contributed by atoms with Gasteiger partial charge in [0.25, 0.3) is 5.91 Å². The number of hydrogen-bond donors (Lipinski definition) is 6. The number of carbonyl (C=O) groups is 5. The van der Waals surface area contributed by atoms with Crippen LogP contribution >= 0.6 is 24.2 Å². The van der Waals surface area contributed by atoms with Crippen LogP contribution in [0.4, 0.5) is 0 Å². The highest BCUT2D eigenvalue weighted by atomic mass is 35.5. The van der Waals surface area contributed by atoms with Crippen molar-refractivity contribution in [2.75, 3.05) is 19.1 Å². The molecule has 238 valence electrons. The van der Waals surface area contributed by atoms with Crippen LogP contribution in [0, 0.1) is 5.92 Å². The molecule has 1 heterocycles. The number of fused-ring (bicyclic) bond motifs is 1. The largest absolute Gasteiger partial charge is 0.481 e. The fourth-order valence-corrected chi connectivity index (χ4v) is 4.89. The van der Waals surface area contributed by atoms with Crippen LogP contribution in [0.3, 0.4) is 0 Å². The molecular formula is C30H37ClN4O8S. The number of hydrogen-bond acceptors (Lipinski definition) is 8. The second-order valence-corrected chi connectivity index (χ2v) is 11.4. The van der Waals surface area contributed by atoms with Crippen LogP contribution in [0.5, 0.6) is 11.5 Å². The van der Waals surface area contributed by atoms with Gasteiger partial charge < -0.3 is 35.8 Å². The highest BCUT2D eigenvalue weighted by Crippen LogP contribution is 2.32. The van der Waals surface area contributed by atoms with Gasteiger partial charge in [0.05, 0.1) is 0 Å². The fraction of sp³-hybridized carbons (Fsp3) is 0.433. The molecule has 12 nitrogen and oxygen atoms in total. The second-order valence-electron chi connectivity index (χ2n) is 10.6. The van der Waals surface area contributed by atoms with Gasteiger partial charge in [-0.05, 0) is 55.0 Å². The van der Waals surface area contributed by atoms with Crippen molar-refractivity contribution < 1.29 is 38.6 Å². The first-order chi connectivity index (χ1) is 21.0. The minimum atomic E-state index is -1.26. The number of aliphatic carboxylic acids is 1. The lowest BCUT2D eigenvalue weighted by Crippen LogP contribution is -2.57. The summed E-state index contributed by atoms with van der Waals surface area (Å²) in [5, 5.41) is 20.4. The summed E-state index contributed by atoms with van der Waals surface area (Å²) in [6, 6.07) is 8.44. The molecule has 0 unspecified atom stereocenters. The van der Waals surface area contributed by atoms with Crippen molar-refractivity contribution >= 4 is 53.8 Å². The van der Waals surface area contributed by atoms with Crippen molar-refractivity contribution in [2.24, 2.45) is 5.92 Å². The van der Waals surface area contributed by atoms with E-state index in [9.17, 15) is 29.1 Å². The maximum Gasteiger partial charge on any atom is 0.303 e. The maximum absolute atomic E-state index is 13.4. The number of rotatable bonds is 16. The second kappa shape index (κ2) is 16.8. The van der Waals surface area contributed by atoms with E-state index < -0.39 is 54.1 Å². The Balaban J connectivity index is 1.65. The lowest BCUT2D eigenvalue weighted by molar-refractivity contribution is -0.137. The number of carbonyl (C=O) groups excluding carboxylic acids is 4. The summed E-state index contributed by atoms with van der Waals surface area (Å²) in [5.74, 6) is -2.81. The number of thiol groups is 1. The number of carboxylic acid groups (broad SMARTS) is 1. The minimum absolute atomic E-state index is 0.00115. The number of halogens is 1. The zero-order valence-electron chi connectivity index (χ0n) is 24.4. The summed E-state index contributed by atoms with van der Waals surface area (Å²) < 4.78 is 10.5. The molecule has 44 heavy (non-hydrogen) atoms. The summed E-state index contributed by atoms with van der Waals surface area (Å²) in [6.07, 6.45) is 0.0738. The van der Waals surface area contributed by atoms with E-state index in [1.54, 1.807) is 12.1 Å². The molecule has 0 fully saturated rings. The SMILES string of the molecule is CC(C)C[C@H](NC(=O)[C@H](CCC(=O)O)NC(=O)c1ccc2c(c1)OCO2)C(=O)N[C@@H](CS)C(=O)NCCc1ccccc1Cl.